The van der Waals surface area contributed by atoms with Crippen molar-refractivity contribution in [2.45, 2.75) is 10.4 Å². The Morgan fingerprint density at radius 2 is 2.29 bits per heavy atom. The summed E-state index contributed by atoms with van der Waals surface area (Å²) in [5, 5.41) is 0. The number of hydrogen-bond acceptors (Lipinski definition) is 2. The van der Waals surface area contributed by atoms with Crippen LogP contribution < -0.4 is 0 Å². The van der Waals surface area contributed by atoms with Crippen molar-refractivity contribution >= 4 is 34.8 Å². The molecule has 5 heteroatoms. The molecule has 1 aromatic rings. The lowest BCUT2D eigenvalue weighted by molar-refractivity contribution is 0.0881. The monoisotopic (exact) mass is 254 g/mol. The summed E-state index contributed by atoms with van der Waals surface area (Å²) in [4.78, 5) is 0. The fourth-order valence-electron chi connectivity index (χ4n) is 1.51. The quantitative estimate of drug-likeness (QED) is 0.756. The van der Waals surface area contributed by atoms with Crippen LogP contribution in [-0.4, -0.2) is 16.8 Å². The normalized spacial score (nSPS) is 30.8. The van der Waals surface area contributed by atoms with Crippen molar-refractivity contribution < 1.29 is 9.15 Å². The van der Waals surface area contributed by atoms with Crippen molar-refractivity contribution in [2.24, 2.45) is 5.92 Å². The first-order valence-electron chi connectivity index (χ1n) is 4.25. The Morgan fingerprint density at radius 1 is 1.50 bits per heavy atom. The van der Waals surface area contributed by atoms with E-state index in [0.29, 0.717) is 18.2 Å². The standard InChI is InChI=1S/C9H9Cl3O2/c10-4-6-5-14-8(9(6,11)12)7-2-1-3-13-7/h1-3,6,8H,4-5H2/t6-,8?/m1/s1. The van der Waals surface area contributed by atoms with Gasteiger partial charge in [0.05, 0.1) is 12.9 Å². The second kappa shape index (κ2) is 3.93. The van der Waals surface area contributed by atoms with Crippen LogP contribution in [0, 0.1) is 5.92 Å². The molecule has 14 heavy (non-hydrogen) atoms. The molecule has 1 unspecified atom stereocenters. The van der Waals surface area contributed by atoms with Crippen molar-refractivity contribution in [3.05, 3.63) is 24.2 Å². The molecule has 2 nitrogen and oxygen atoms in total. The van der Waals surface area contributed by atoms with Crippen molar-refractivity contribution in [1.82, 2.24) is 0 Å². The minimum atomic E-state index is -1.00. The van der Waals surface area contributed by atoms with E-state index in [1.807, 2.05) is 0 Å². The molecule has 0 radical (unpaired) electrons. The summed E-state index contributed by atoms with van der Waals surface area (Å²) in [6.45, 7) is 0.460. The number of ether oxygens (including phenoxy) is 1. The number of furan rings is 1. The van der Waals surface area contributed by atoms with Gasteiger partial charge in [-0.05, 0) is 12.1 Å². The summed E-state index contributed by atoms with van der Waals surface area (Å²) in [5.74, 6) is 0.953. The lowest BCUT2D eigenvalue weighted by atomic mass is 10.1. The lowest BCUT2D eigenvalue weighted by Crippen LogP contribution is -2.27. The summed E-state index contributed by atoms with van der Waals surface area (Å²) in [7, 11) is 0. The molecular weight excluding hydrogens is 246 g/mol. The Hall–Kier alpha value is 0.110. The first kappa shape index (κ1) is 10.6. The Balaban J connectivity index is 2.23. The third-order valence-corrected chi connectivity index (χ3v) is 3.73. The molecule has 0 spiro atoms. The largest absolute Gasteiger partial charge is 0.466 e. The van der Waals surface area contributed by atoms with Crippen molar-refractivity contribution in [2.75, 3.05) is 12.5 Å². The van der Waals surface area contributed by atoms with Gasteiger partial charge in [0.2, 0.25) is 0 Å². The van der Waals surface area contributed by atoms with E-state index in [9.17, 15) is 0 Å². The molecule has 1 aliphatic rings. The summed E-state index contributed by atoms with van der Waals surface area (Å²) < 4.78 is 9.68. The van der Waals surface area contributed by atoms with E-state index in [1.54, 1.807) is 18.4 Å². The van der Waals surface area contributed by atoms with Crippen LogP contribution in [0.4, 0.5) is 0 Å². The summed E-state index contributed by atoms with van der Waals surface area (Å²) >= 11 is 18.1. The van der Waals surface area contributed by atoms with E-state index in [-0.39, 0.29) is 5.92 Å². The molecule has 0 saturated carbocycles. The van der Waals surface area contributed by atoms with E-state index < -0.39 is 10.4 Å². The number of rotatable bonds is 2. The first-order valence-corrected chi connectivity index (χ1v) is 5.54. The second-order valence-electron chi connectivity index (χ2n) is 3.25. The minimum absolute atomic E-state index is 0.0670. The Kier molecular flexibility index (Phi) is 2.98. The topological polar surface area (TPSA) is 22.4 Å². The molecule has 2 heterocycles. The third-order valence-electron chi connectivity index (χ3n) is 2.35. The smallest absolute Gasteiger partial charge is 0.157 e. The molecule has 0 bridgehead atoms. The SMILES string of the molecule is ClC[C@@H]1COC(c2ccco2)C1(Cl)Cl. The zero-order chi connectivity index (χ0) is 10.2. The maximum atomic E-state index is 6.19. The molecule has 0 amide bonds. The fourth-order valence-corrected chi connectivity index (χ4v) is 2.62. The highest BCUT2D eigenvalue weighted by Gasteiger charge is 2.50. The highest BCUT2D eigenvalue weighted by atomic mass is 35.5. The molecule has 0 aromatic carbocycles. The summed E-state index contributed by atoms with van der Waals surface area (Å²) in [5.41, 5.74) is 0. The molecule has 1 saturated heterocycles. The van der Waals surface area contributed by atoms with Gasteiger partial charge >= 0.3 is 0 Å². The van der Waals surface area contributed by atoms with Gasteiger partial charge in [-0.3, -0.25) is 0 Å². The highest BCUT2D eigenvalue weighted by molar-refractivity contribution is 6.49. The van der Waals surface area contributed by atoms with E-state index >= 15 is 0 Å². The van der Waals surface area contributed by atoms with Gasteiger partial charge < -0.3 is 9.15 Å². The molecule has 0 aliphatic carbocycles. The van der Waals surface area contributed by atoms with E-state index in [1.165, 1.54) is 0 Å². The number of halogens is 3. The average molecular weight is 256 g/mol. The van der Waals surface area contributed by atoms with Crippen LogP contribution in [0.5, 0.6) is 0 Å². The summed E-state index contributed by atoms with van der Waals surface area (Å²) in [6, 6.07) is 3.57. The maximum absolute atomic E-state index is 6.19. The van der Waals surface area contributed by atoms with Gasteiger partial charge in [-0.1, -0.05) is 23.2 Å². The van der Waals surface area contributed by atoms with Gasteiger partial charge in [-0.25, -0.2) is 0 Å². The van der Waals surface area contributed by atoms with Crippen LogP contribution in [-0.2, 0) is 4.74 Å². The second-order valence-corrected chi connectivity index (χ2v) is 5.01. The molecular formula is C9H9Cl3O2. The van der Waals surface area contributed by atoms with Crippen molar-refractivity contribution in [3.8, 4) is 0 Å². The fraction of sp³-hybridized carbons (Fsp3) is 0.556. The van der Waals surface area contributed by atoms with Crippen LogP contribution in [0.3, 0.4) is 0 Å². The van der Waals surface area contributed by atoms with Gasteiger partial charge in [-0.15, -0.1) is 11.6 Å². The van der Waals surface area contributed by atoms with Crippen LogP contribution in [0.25, 0.3) is 0 Å². The Morgan fingerprint density at radius 3 is 2.79 bits per heavy atom. The zero-order valence-corrected chi connectivity index (χ0v) is 9.52. The van der Waals surface area contributed by atoms with E-state index in [0.717, 1.165) is 0 Å². The average Bonchev–Trinajstić information content (AvgIpc) is 2.71. The van der Waals surface area contributed by atoms with E-state index in [2.05, 4.69) is 0 Å². The van der Waals surface area contributed by atoms with Crippen molar-refractivity contribution in [3.63, 3.8) is 0 Å². The van der Waals surface area contributed by atoms with Gasteiger partial charge in [0.1, 0.15) is 11.9 Å². The van der Waals surface area contributed by atoms with Crippen molar-refractivity contribution in [1.29, 1.82) is 0 Å². The molecule has 78 valence electrons. The lowest BCUT2D eigenvalue weighted by Gasteiger charge is -2.22. The van der Waals surface area contributed by atoms with Gasteiger partial charge in [-0.2, -0.15) is 0 Å². The van der Waals surface area contributed by atoms with Crippen LogP contribution in [0.1, 0.15) is 11.9 Å². The zero-order valence-electron chi connectivity index (χ0n) is 7.25. The Labute approximate surface area is 97.1 Å². The minimum Gasteiger partial charge on any atom is -0.466 e. The highest BCUT2D eigenvalue weighted by Crippen LogP contribution is 2.50. The predicted molar refractivity (Wildman–Crippen MR) is 56.0 cm³/mol. The molecule has 2 atom stereocenters. The van der Waals surface area contributed by atoms with Gasteiger partial charge in [0.15, 0.2) is 4.33 Å². The molecule has 1 aliphatic heterocycles. The van der Waals surface area contributed by atoms with Crippen LogP contribution in [0.2, 0.25) is 0 Å². The molecule has 0 N–H and O–H groups in total. The molecule has 1 fully saturated rings. The maximum Gasteiger partial charge on any atom is 0.157 e. The number of alkyl halides is 3. The predicted octanol–water partition coefficient (Wildman–Crippen LogP) is 3.38. The molecule has 1 aromatic heterocycles. The van der Waals surface area contributed by atoms with Crippen LogP contribution >= 0.6 is 34.8 Å². The molecule has 2 rings (SSSR count). The van der Waals surface area contributed by atoms with Crippen LogP contribution in [0.15, 0.2) is 22.8 Å². The third kappa shape index (κ3) is 1.65. The van der Waals surface area contributed by atoms with Gasteiger partial charge in [0.25, 0.3) is 0 Å². The van der Waals surface area contributed by atoms with Gasteiger partial charge in [0, 0.05) is 11.8 Å². The first-order chi connectivity index (χ1) is 6.66. The summed E-state index contributed by atoms with van der Waals surface area (Å²) in [6.07, 6.45) is 1.14. The van der Waals surface area contributed by atoms with E-state index in [4.69, 9.17) is 44.0 Å². The Bertz CT molecular complexity index is 297. The number of hydrogen-bond donors (Lipinski definition) is 0.